The maximum absolute atomic E-state index is 11.6. The van der Waals surface area contributed by atoms with Crippen molar-refractivity contribution in [2.75, 3.05) is 32.6 Å². The van der Waals surface area contributed by atoms with Gasteiger partial charge in [0.05, 0.1) is 17.8 Å². The third-order valence-electron chi connectivity index (χ3n) is 2.48. The molecule has 1 rings (SSSR count). The Kier molecular flexibility index (Phi) is 4.72. The van der Waals surface area contributed by atoms with E-state index in [-0.39, 0.29) is 18.0 Å². The van der Waals surface area contributed by atoms with Crippen LogP contribution in [0.5, 0.6) is 0 Å². The molecular formula is C12H15BrN2O3. The van der Waals surface area contributed by atoms with Crippen LogP contribution in [0, 0.1) is 0 Å². The van der Waals surface area contributed by atoms with E-state index in [1.54, 1.807) is 32.1 Å². The van der Waals surface area contributed by atoms with Gasteiger partial charge < -0.3 is 14.9 Å². The van der Waals surface area contributed by atoms with Crippen LogP contribution in [0.2, 0.25) is 0 Å². The summed E-state index contributed by atoms with van der Waals surface area (Å²) in [5, 5.41) is 8.86. The van der Waals surface area contributed by atoms with E-state index in [9.17, 15) is 9.59 Å². The van der Waals surface area contributed by atoms with Gasteiger partial charge in [0.2, 0.25) is 5.91 Å². The molecule has 0 aliphatic heterocycles. The second-order valence-corrected chi connectivity index (χ2v) is 4.97. The first-order valence-corrected chi connectivity index (χ1v) is 6.06. The number of benzene rings is 1. The summed E-state index contributed by atoms with van der Waals surface area (Å²) in [6, 6.07) is 4.71. The number of anilines is 1. The summed E-state index contributed by atoms with van der Waals surface area (Å²) in [7, 11) is 5.17. The zero-order chi connectivity index (χ0) is 13.9. The molecule has 6 heteroatoms. The highest BCUT2D eigenvalue weighted by Crippen LogP contribution is 2.26. The fourth-order valence-corrected chi connectivity index (χ4v) is 2.06. The number of likely N-dealkylation sites (N-methyl/N-ethyl adjacent to an activating group) is 2. The predicted octanol–water partition coefficient (Wildman–Crippen LogP) is 1.67. The van der Waals surface area contributed by atoms with Crippen LogP contribution < -0.4 is 4.90 Å². The Balaban J connectivity index is 2.90. The largest absolute Gasteiger partial charge is 0.478 e. The summed E-state index contributed by atoms with van der Waals surface area (Å²) in [4.78, 5) is 25.7. The number of hydrogen-bond donors (Lipinski definition) is 1. The number of carboxylic acids is 1. The molecule has 0 radical (unpaired) electrons. The van der Waals surface area contributed by atoms with E-state index in [1.807, 2.05) is 0 Å². The van der Waals surface area contributed by atoms with Crippen molar-refractivity contribution in [1.29, 1.82) is 0 Å². The van der Waals surface area contributed by atoms with Gasteiger partial charge in [-0.25, -0.2) is 4.79 Å². The number of aromatic carboxylic acids is 1. The fourth-order valence-electron chi connectivity index (χ4n) is 1.38. The fraction of sp³-hybridized carbons (Fsp3) is 0.333. The third-order valence-corrected chi connectivity index (χ3v) is 3.11. The average molecular weight is 315 g/mol. The normalized spacial score (nSPS) is 10.0. The SMILES string of the molecule is CN(C)C(=O)CN(C)c1ccc(C(=O)O)cc1Br. The molecule has 0 unspecified atom stereocenters. The van der Waals surface area contributed by atoms with E-state index in [2.05, 4.69) is 15.9 Å². The molecule has 0 fully saturated rings. The summed E-state index contributed by atoms with van der Waals surface area (Å²) >= 11 is 3.31. The van der Waals surface area contributed by atoms with Gasteiger partial charge in [0.1, 0.15) is 0 Å². The second-order valence-electron chi connectivity index (χ2n) is 4.12. The van der Waals surface area contributed by atoms with Crippen LogP contribution in [0.1, 0.15) is 10.4 Å². The Morgan fingerprint density at radius 2 is 1.89 bits per heavy atom. The van der Waals surface area contributed by atoms with Crippen LogP contribution in [0.25, 0.3) is 0 Å². The lowest BCUT2D eigenvalue weighted by atomic mass is 10.2. The van der Waals surface area contributed by atoms with E-state index in [0.29, 0.717) is 4.47 Å². The highest BCUT2D eigenvalue weighted by molar-refractivity contribution is 9.10. The van der Waals surface area contributed by atoms with Crippen molar-refractivity contribution in [2.45, 2.75) is 0 Å². The van der Waals surface area contributed by atoms with Crippen LogP contribution in [-0.4, -0.2) is 49.6 Å². The lowest BCUT2D eigenvalue weighted by Crippen LogP contribution is -2.34. The van der Waals surface area contributed by atoms with Crippen molar-refractivity contribution >= 4 is 33.5 Å². The minimum Gasteiger partial charge on any atom is -0.478 e. The van der Waals surface area contributed by atoms with E-state index >= 15 is 0 Å². The van der Waals surface area contributed by atoms with Gasteiger partial charge in [0.15, 0.2) is 0 Å². The Hall–Kier alpha value is -1.56. The number of nitrogens with zero attached hydrogens (tertiary/aromatic N) is 2. The van der Waals surface area contributed by atoms with E-state index in [1.165, 1.54) is 17.0 Å². The molecule has 0 saturated heterocycles. The molecule has 1 N–H and O–H groups in total. The highest BCUT2D eigenvalue weighted by atomic mass is 79.9. The van der Waals surface area contributed by atoms with Crippen molar-refractivity contribution in [2.24, 2.45) is 0 Å². The molecule has 5 nitrogen and oxygen atoms in total. The molecule has 0 aliphatic rings. The van der Waals surface area contributed by atoms with E-state index in [0.717, 1.165) is 5.69 Å². The molecule has 0 aliphatic carbocycles. The van der Waals surface area contributed by atoms with Gasteiger partial charge in [-0.05, 0) is 34.1 Å². The molecule has 1 aromatic rings. The first-order chi connectivity index (χ1) is 8.32. The number of carbonyl (C=O) groups is 2. The summed E-state index contributed by atoms with van der Waals surface area (Å²) in [5.41, 5.74) is 0.980. The number of rotatable bonds is 4. The molecule has 98 valence electrons. The van der Waals surface area contributed by atoms with Crippen LogP contribution in [0.4, 0.5) is 5.69 Å². The van der Waals surface area contributed by atoms with Crippen molar-refractivity contribution in [3.8, 4) is 0 Å². The molecule has 1 amide bonds. The summed E-state index contributed by atoms with van der Waals surface area (Å²) in [5.74, 6) is -0.999. The topological polar surface area (TPSA) is 60.9 Å². The monoisotopic (exact) mass is 314 g/mol. The Morgan fingerprint density at radius 3 is 2.33 bits per heavy atom. The minimum absolute atomic E-state index is 0.0216. The first-order valence-electron chi connectivity index (χ1n) is 5.27. The molecule has 0 atom stereocenters. The molecule has 0 saturated carbocycles. The molecule has 18 heavy (non-hydrogen) atoms. The molecular weight excluding hydrogens is 300 g/mol. The van der Waals surface area contributed by atoms with Gasteiger partial charge in [-0.15, -0.1) is 0 Å². The first kappa shape index (κ1) is 14.5. The quantitative estimate of drug-likeness (QED) is 0.918. The Labute approximate surface area is 114 Å². The average Bonchev–Trinajstić information content (AvgIpc) is 2.28. The zero-order valence-electron chi connectivity index (χ0n) is 10.5. The van der Waals surface area contributed by atoms with Crippen LogP contribution in [-0.2, 0) is 4.79 Å². The van der Waals surface area contributed by atoms with Gasteiger partial charge in [0.25, 0.3) is 0 Å². The molecule has 0 heterocycles. The number of carboxylic acid groups (broad SMARTS) is 1. The zero-order valence-corrected chi connectivity index (χ0v) is 12.1. The van der Waals surface area contributed by atoms with Crippen molar-refractivity contribution in [3.05, 3.63) is 28.2 Å². The molecule has 0 bridgehead atoms. The number of carbonyl (C=O) groups excluding carboxylic acids is 1. The molecule has 0 spiro atoms. The van der Waals surface area contributed by atoms with Crippen molar-refractivity contribution < 1.29 is 14.7 Å². The lowest BCUT2D eigenvalue weighted by Gasteiger charge is -2.22. The number of halogens is 1. The van der Waals surface area contributed by atoms with Gasteiger partial charge in [-0.2, -0.15) is 0 Å². The standard InChI is InChI=1S/C12H15BrN2O3/c1-14(2)11(16)7-15(3)10-5-4-8(12(17)18)6-9(10)13/h4-6H,7H2,1-3H3,(H,17,18). The summed E-state index contributed by atoms with van der Waals surface area (Å²) in [6.45, 7) is 0.234. The van der Waals surface area contributed by atoms with Gasteiger partial charge in [-0.3, -0.25) is 4.79 Å². The Morgan fingerprint density at radius 1 is 1.28 bits per heavy atom. The van der Waals surface area contributed by atoms with Crippen LogP contribution >= 0.6 is 15.9 Å². The van der Waals surface area contributed by atoms with Crippen LogP contribution in [0.15, 0.2) is 22.7 Å². The van der Waals surface area contributed by atoms with E-state index in [4.69, 9.17) is 5.11 Å². The van der Waals surface area contributed by atoms with Gasteiger partial charge >= 0.3 is 5.97 Å². The smallest absolute Gasteiger partial charge is 0.335 e. The number of amides is 1. The lowest BCUT2D eigenvalue weighted by molar-refractivity contribution is -0.127. The third kappa shape index (κ3) is 3.46. The maximum atomic E-state index is 11.6. The number of hydrogen-bond acceptors (Lipinski definition) is 3. The van der Waals surface area contributed by atoms with Gasteiger partial charge in [-0.1, -0.05) is 0 Å². The molecule has 1 aromatic carbocycles. The Bertz CT molecular complexity index is 474. The highest BCUT2D eigenvalue weighted by Gasteiger charge is 2.13. The van der Waals surface area contributed by atoms with Crippen molar-refractivity contribution in [3.63, 3.8) is 0 Å². The molecule has 0 aromatic heterocycles. The second kappa shape index (κ2) is 5.86. The minimum atomic E-state index is -0.978. The van der Waals surface area contributed by atoms with Crippen LogP contribution in [0.3, 0.4) is 0 Å². The summed E-state index contributed by atoms with van der Waals surface area (Å²) < 4.78 is 0.649. The summed E-state index contributed by atoms with van der Waals surface area (Å²) in [6.07, 6.45) is 0. The van der Waals surface area contributed by atoms with Crippen molar-refractivity contribution in [1.82, 2.24) is 4.90 Å². The van der Waals surface area contributed by atoms with E-state index < -0.39 is 5.97 Å². The maximum Gasteiger partial charge on any atom is 0.335 e. The predicted molar refractivity (Wildman–Crippen MR) is 73.1 cm³/mol. The van der Waals surface area contributed by atoms with Gasteiger partial charge in [0, 0.05) is 25.6 Å².